The van der Waals surface area contributed by atoms with Crippen LogP contribution in [0.3, 0.4) is 0 Å². The summed E-state index contributed by atoms with van der Waals surface area (Å²) in [7, 11) is 0. The van der Waals surface area contributed by atoms with Crippen molar-refractivity contribution in [3.8, 4) is 45.5 Å². The molecule has 0 fully saturated rings. The van der Waals surface area contributed by atoms with Crippen LogP contribution in [-0.2, 0) is 5.41 Å². The van der Waals surface area contributed by atoms with Crippen LogP contribution in [0.2, 0.25) is 0 Å². The van der Waals surface area contributed by atoms with Gasteiger partial charge in [-0.2, -0.15) is 0 Å². The predicted molar refractivity (Wildman–Crippen MR) is 261 cm³/mol. The minimum absolute atomic E-state index is 0.557. The molecular weight excluding hydrogens is 799 g/mol. The first kappa shape index (κ1) is 35.5. The Labute approximate surface area is 373 Å². The Kier molecular flexibility index (Phi) is 7.48. The number of rotatable bonds is 4. The van der Waals surface area contributed by atoms with Gasteiger partial charge in [-0.3, -0.25) is 0 Å². The van der Waals surface area contributed by atoms with Crippen LogP contribution >= 0.6 is 11.8 Å². The maximum atomic E-state index is 5.02. The van der Waals surface area contributed by atoms with Crippen molar-refractivity contribution in [1.29, 1.82) is 0 Å². The Hall–Kier alpha value is -8.06. The van der Waals surface area contributed by atoms with Gasteiger partial charge >= 0.3 is 0 Å². The zero-order valence-corrected chi connectivity index (χ0v) is 35.2. The molecule has 298 valence electrons. The smallest absolute Gasteiger partial charge is 0.164 e. The van der Waals surface area contributed by atoms with E-state index in [2.05, 4.69) is 161 Å². The third kappa shape index (κ3) is 4.88. The van der Waals surface area contributed by atoms with Gasteiger partial charge < -0.3 is 9.13 Å². The molecule has 0 saturated carbocycles. The van der Waals surface area contributed by atoms with Crippen molar-refractivity contribution in [3.63, 3.8) is 0 Å². The fourth-order valence-electron chi connectivity index (χ4n) is 10.8. The Morgan fingerprint density at radius 3 is 1.58 bits per heavy atom. The van der Waals surface area contributed by atoms with Crippen LogP contribution in [0.15, 0.2) is 222 Å². The summed E-state index contributed by atoms with van der Waals surface area (Å²) in [5.74, 6) is 1.93. The summed E-state index contributed by atoms with van der Waals surface area (Å²) in [6, 6.07) is 76.8. The summed E-state index contributed by atoms with van der Waals surface area (Å²) in [6.07, 6.45) is 0. The first-order valence-electron chi connectivity index (χ1n) is 21.7. The van der Waals surface area contributed by atoms with Crippen molar-refractivity contribution in [3.05, 3.63) is 235 Å². The van der Waals surface area contributed by atoms with E-state index in [1.165, 1.54) is 75.8 Å². The fourth-order valence-corrected chi connectivity index (χ4v) is 12.0. The Morgan fingerprint density at radius 1 is 0.344 bits per heavy atom. The number of benzene rings is 9. The molecule has 0 amide bonds. The molecule has 5 nitrogen and oxygen atoms in total. The lowest BCUT2D eigenvalue weighted by Crippen LogP contribution is -2.37. The highest BCUT2D eigenvalue weighted by atomic mass is 32.2. The average Bonchev–Trinajstić information content (AvgIpc) is 3.88. The first-order chi connectivity index (χ1) is 31.7. The second-order valence-electron chi connectivity index (χ2n) is 16.7. The van der Waals surface area contributed by atoms with E-state index in [9.17, 15) is 0 Å². The molecule has 1 spiro atoms. The van der Waals surface area contributed by atoms with Crippen molar-refractivity contribution >= 4 is 55.4 Å². The summed E-state index contributed by atoms with van der Waals surface area (Å²) in [5.41, 5.74) is 14.7. The van der Waals surface area contributed by atoms with E-state index in [0.29, 0.717) is 17.5 Å². The standard InChI is InChI=1S/C58H35N5S/c1-3-16-36(17-4-1)55-59-56(37-18-5-2-6-19-37)61-57(60-55)38-30-32-39(33-31-38)62-48-26-11-8-21-41(48)43-34-47-53(35-51(43)62)64-52-29-14-10-24-45(52)58(47)44-23-9-13-28-50(44)63-49-27-12-7-20-40(49)42-22-15-25-46(58)54(42)63/h1-35H. The van der Waals surface area contributed by atoms with Gasteiger partial charge in [0, 0.05) is 53.7 Å². The summed E-state index contributed by atoms with van der Waals surface area (Å²) in [5, 5.41) is 5.01. The van der Waals surface area contributed by atoms with Gasteiger partial charge in [-0.15, -0.1) is 0 Å². The zero-order valence-electron chi connectivity index (χ0n) is 34.4. The lowest BCUT2D eigenvalue weighted by Gasteiger charge is -2.45. The second-order valence-corrected chi connectivity index (χ2v) is 17.8. The molecule has 9 aromatic carbocycles. The molecular formula is C58H35N5S. The van der Waals surface area contributed by atoms with Crippen LogP contribution < -0.4 is 0 Å². The monoisotopic (exact) mass is 833 g/mol. The van der Waals surface area contributed by atoms with Crippen molar-refractivity contribution < 1.29 is 0 Å². The Morgan fingerprint density at radius 2 is 0.875 bits per heavy atom. The van der Waals surface area contributed by atoms with Crippen molar-refractivity contribution in [2.75, 3.05) is 0 Å². The average molecular weight is 834 g/mol. The molecule has 2 aliphatic heterocycles. The van der Waals surface area contributed by atoms with Crippen LogP contribution in [0.4, 0.5) is 0 Å². The number of para-hydroxylation sites is 4. The van der Waals surface area contributed by atoms with Gasteiger partial charge in [0.1, 0.15) is 0 Å². The molecule has 2 aliphatic rings. The van der Waals surface area contributed by atoms with E-state index < -0.39 is 5.41 Å². The van der Waals surface area contributed by atoms with E-state index in [1.54, 1.807) is 0 Å². The highest BCUT2D eigenvalue weighted by Gasteiger charge is 2.49. The van der Waals surface area contributed by atoms with Gasteiger partial charge in [0.25, 0.3) is 0 Å². The number of nitrogens with zero attached hydrogens (tertiary/aromatic N) is 5. The summed E-state index contributed by atoms with van der Waals surface area (Å²) >= 11 is 1.89. The van der Waals surface area contributed by atoms with Gasteiger partial charge in [0.2, 0.25) is 0 Å². The fraction of sp³-hybridized carbons (Fsp3) is 0.0172. The normalized spacial score (nSPS) is 14.9. The van der Waals surface area contributed by atoms with Crippen LogP contribution in [0, 0.1) is 0 Å². The first-order valence-corrected chi connectivity index (χ1v) is 22.5. The second kappa shape index (κ2) is 13.5. The van der Waals surface area contributed by atoms with Crippen LogP contribution in [0.25, 0.3) is 89.2 Å². The number of hydrogen-bond donors (Lipinski definition) is 0. The van der Waals surface area contributed by atoms with Crippen molar-refractivity contribution in [2.24, 2.45) is 0 Å². The summed E-state index contributed by atoms with van der Waals surface area (Å²) in [6.45, 7) is 0. The van der Waals surface area contributed by atoms with Gasteiger partial charge in [-0.1, -0.05) is 163 Å². The highest BCUT2D eigenvalue weighted by Crippen LogP contribution is 2.61. The van der Waals surface area contributed by atoms with Crippen molar-refractivity contribution in [2.45, 2.75) is 15.2 Å². The van der Waals surface area contributed by atoms with Gasteiger partial charge in [-0.05, 0) is 82.9 Å². The molecule has 0 radical (unpaired) electrons. The molecule has 5 heterocycles. The minimum atomic E-state index is -0.557. The third-order valence-electron chi connectivity index (χ3n) is 13.4. The lowest BCUT2D eigenvalue weighted by atomic mass is 9.62. The summed E-state index contributed by atoms with van der Waals surface area (Å²) < 4.78 is 4.94. The van der Waals surface area contributed by atoms with E-state index in [-0.39, 0.29) is 0 Å². The molecule has 1 unspecified atom stereocenters. The molecule has 3 aromatic heterocycles. The SMILES string of the molecule is c1ccc(-c2nc(-c3ccccc3)nc(-c3ccc(-n4c5ccccc5c5cc6c(cc54)Sc4ccccc4C64c5ccccc5-n5c6ccccc6c6cccc4c65)cc3)n2)cc1. The quantitative estimate of drug-likeness (QED) is 0.177. The summed E-state index contributed by atoms with van der Waals surface area (Å²) in [4.78, 5) is 17.5. The van der Waals surface area contributed by atoms with Crippen molar-refractivity contribution in [1.82, 2.24) is 24.1 Å². The molecule has 0 aliphatic carbocycles. The molecule has 6 heteroatoms. The molecule has 14 rings (SSSR count). The number of fused-ring (bicyclic) bond motifs is 14. The molecule has 1 atom stereocenters. The predicted octanol–water partition coefficient (Wildman–Crippen LogP) is 14.2. The molecule has 64 heavy (non-hydrogen) atoms. The lowest BCUT2D eigenvalue weighted by molar-refractivity contribution is 0.691. The Bertz CT molecular complexity index is 3810. The van der Waals surface area contributed by atoms with Gasteiger partial charge in [0.05, 0.1) is 33.2 Å². The van der Waals surface area contributed by atoms with E-state index in [4.69, 9.17) is 15.0 Å². The van der Waals surface area contributed by atoms with Crippen LogP contribution in [0.5, 0.6) is 0 Å². The Balaban J connectivity index is 0.993. The third-order valence-corrected chi connectivity index (χ3v) is 14.6. The van der Waals surface area contributed by atoms with E-state index >= 15 is 0 Å². The number of hydrogen-bond acceptors (Lipinski definition) is 4. The number of aromatic nitrogens is 5. The molecule has 0 bridgehead atoms. The topological polar surface area (TPSA) is 48.5 Å². The van der Waals surface area contributed by atoms with E-state index in [0.717, 1.165) is 27.9 Å². The van der Waals surface area contributed by atoms with Gasteiger partial charge in [-0.25, -0.2) is 15.0 Å². The minimum Gasteiger partial charge on any atom is -0.309 e. The maximum Gasteiger partial charge on any atom is 0.164 e. The zero-order chi connectivity index (χ0) is 41.9. The van der Waals surface area contributed by atoms with Gasteiger partial charge in [0.15, 0.2) is 17.5 Å². The van der Waals surface area contributed by atoms with E-state index in [1.807, 2.05) is 72.4 Å². The molecule has 0 N–H and O–H groups in total. The molecule has 0 saturated heterocycles. The molecule has 12 aromatic rings. The maximum absolute atomic E-state index is 5.02. The largest absolute Gasteiger partial charge is 0.309 e. The highest BCUT2D eigenvalue weighted by molar-refractivity contribution is 7.99. The van der Waals surface area contributed by atoms with Crippen LogP contribution in [0.1, 0.15) is 22.3 Å². The van der Waals surface area contributed by atoms with Crippen LogP contribution in [-0.4, -0.2) is 24.1 Å².